The van der Waals surface area contributed by atoms with Gasteiger partial charge in [-0.25, -0.2) is 0 Å². The van der Waals surface area contributed by atoms with Gasteiger partial charge in [0.05, 0.1) is 20.3 Å². The summed E-state index contributed by atoms with van der Waals surface area (Å²) in [5.74, 6) is 1.31. The largest absolute Gasteiger partial charge is 0.493 e. The molecule has 6 nitrogen and oxygen atoms in total. The van der Waals surface area contributed by atoms with E-state index >= 15 is 0 Å². The molecule has 1 N–H and O–H groups in total. The van der Waals surface area contributed by atoms with Crippen LogP contribution in [0.5, 0.6) is 11.5 Å². The summed E-state index contributed by atoms with van der Waals surface area (Å²) in [5.41, 5.74) is 0.995. The lowest BCUT2D eigenvalue weighted by Crippen LogP contribution is -2.58. The predicted molar refractivity (Wildman–Crippen MR) is 103 cm³/mol. The second-order valence-corrected chi connectivity index (χ2v) is 7.70. The van der Waals surface area contributed by atoms with Crippen molar-refractivity contribution in [2.75, 3.05) is 60.5 Å². The molecule has 0 aromatic heterocycles. The Kier molecular flexibility index (Phi) is 6.64. The molecule has 26 heavy (non-hydrogen) atoms. The number of piperazine rings is 1. The molecule has 1 aromatic carbocycles. The van der Waals surface area contributed by atoms with E-state index in [1.54, 1.807) is 20.3 Å². The van der Waals surface area contributed by atoms with Crippen molar-refractivity contribution in [3.63, 3.8) is 0 Å². The van der Waals surface area contributed by atoms with Crippen LogP contribution in [0.25, 0.3) is 0 Å². The third-order valence-electron chi connectivity index (χ3n) is 5.58. The first-order valence-corrected chi connectivity index (χ1v) is 9.63. The number of halogens is 1. The highest BCUT2D eigenvalue weighted by molar-refractivity contribution is 6.31. The lowest BCUT2D eigenvalue weighted by atomic mass is 9.98. The number of aliphatic hydroxyl groups excluding tert-OH is 1. The molecular weight excluding hydrogens is 354 g/mol. The van der Waals surface area contributed by atoms with E-state index in [1.165, 1.54) is 0 Å². The highest BCUT2D eigenvalue weighted by atomic mass is 35.5. The molecule has 0 unspecified atom stereocenters. The van der Waals surface area contributed by atoms with Crippen molar-refractivity contribution in [1.29, 1.82) is 0 Å². The number of aliphatic hydroxyl groups is 1. The number of ether oxygens (including phenoxy) is 2. The van der Waals surface area contributed by atoms with Crippen LogP contribution >= 0.6 is 11.6 Å². The van der Waals surface area contributed by atoms with Crippen LogP contribution < -0.4 is 9.47 Å². The quantitative estimate of drug-likeness (QED) is 0.832. The Morgan fingerprint density at radius 2 is 1.73 bits per heavy atom. The van der Waals surface area contributed by atoms with Gasteiger partial charge in [-0.15, -0.1) is 0 Å². The highest BCUT2D eigenvalue weighted by Crippen LogP contribution is 2.34. The van der Waals surface area contributed by atoms with Crippen molar-refractivity contribution < 1.29 is 14.6 Å². The molecule has 0 amide bonds. The first-order valence-electron chi connectivity index (χ1n) is 9.25. The molecule has 1 aromatic rings. The zero-order valence-electron chi connectivity index (χ0n) is 15.9. The minimum atomic E-state index is -0.328. The van der Waals surface area contributed by atoms with Gasteiger partial charge >= 0.3 is 0 Å². The number of piperidine rings is 1. The van der Waals surface area contributed by atoms with Crippen LogP contribution in [0.1, 0.15) is 12.0 Å². The molecule has 0 radical (unpaired) electrons. The molecule has 0 spiro atoms. The Morgan fingerprint density at radius 1 is 1.08 bits per heavy atom. The van der Waals surface area contributed by atoms with E-state index < -0.39 is 0 Å². The molecule has 2 atom stereocenters. The summed E-state index contributed by atoms with van der Waals surface area (Å²) < 4.78 is 10.7. The summed E-state index contributed by atoms with van der Waals surface area (Å²) >= 11 is 6.42. The van der Waals surface area contributed by atoms with Gasteiger partial charge in [0.25, 0.3) is 0 Å². The maximum atomic E-state index is 10.7. The molecule has 146 valence electrons. The summed E-state index contributed by atoms with van der Waals surface area (Å²) in [6, 6.07) is 3.99. The maximum absolute atomic E-state index is 10.7. The number of hydrogen-bond donors (Lipinski definition) is 1. The molecule has 2 heterocycles. The van der Waals surface area contributed by atoms with Gasteiger partial charge in [-0.3, -0.25) is 9.80 Å². The van der Waals surface area contributed by atoms with Gasteiger partial charge in [0.1, 0.15) is 0 Å². The van der Waals surface area contributed by atoms with Gasteiger partial charge in [-0.2, -0.15) is 0 Å². The van der Waals surface area contributed by atoms with E-state index in [1.807, 2.05) is 6.07 Å². The van der Waals surface area contributed by atoms with Crippen LogP contribution in [0.4, 0.5) is 0 Å². The van der Waals surface area contributed by atoms with Gasteiger partial charge < -0.3 is 19.5 Å². The third-order valence-corrected chi connectivity index (χ3v) is 5.94. The predicted octanol–water partition coefficient (Wildman–Crippen LogP) is 1.54. The number of benzene rings is 1. The van der Waals surface area contributed by atoms with Gasteiger partial charge in [-0.1, -0.05) is 11.6 Å². The lowest BCUT2D eigenvalue weighted by molar-refractivity contribution is -0.0286. The number of likely N-dealkylation sites (N-methyl/N-ethyl adjacent to an activating group) is 1. The fraction of sp³-hybridized carbons (Fsp3) is 0.684. The van der Waals surface area contributed by atoms with E-state index in [2.05, 4.69) is 21.7 Å². The average molecular weight is 384 g/mol. The van der Waals surface area contributed by atoms with Gasteiger partial charge in [0.2, 0.25) is 0 Å². The van der Waals surface area contributed by atoms with Crippen LogP contribution in [0.2, 0.25) is 5.02 Å². The molecule has 2 fully saturated rings. The van der Waals surface area contributed by atoms with Crippen LogP contribution in [-0.4, -0.2) is 92.5 Å². The molecule has 7 heteroatoms. The smallest absolute Gasteiger partial charge is 0.162 e. The van der Waals surface area contributed by atoms with Crippen molar-refractivity contribution in [2.24, 2.45) is 0 Å². The fourth-order valence-electron chi connectivity index (χ4n) is 3.97. The molecule has 2 saturated heterocycles. The second kappa shape index (κ2) is 8.76. The van der Waals surface area contributed by atoms with Crippen molar-refractivity contribution in [3.8, 4) is 11.5 Å². The van der Waals surface area contributed by atoms with Crippen LogP contribution in [0.15, 0.2) is 12.1 Å². The summed E-state index contributed by atoms with van der Waals surface area (Å²) in [5, 5.41) is 11.4. The van der Waals surface area contributed by atoms with Crippen molar-refractivity contribution in [2.45, 2.75) is 25.1 Å². The normalized spacial score (nSPS) is 26.0. The van der Waals surface area contributed by atoms with E-state index in [0.717, 1.165) is 44.7 Å². The van der Waals surface area contributed by atoms with E-state index in [0.29, 0.717) is 29.6 Å². The Labute approximate surface area is 161 Å². The van der Waals surface area contributed by atoms with E-state index in [9.17, 15) is 5.11 Å². The number of rotatable bonds is 5. The Balaban J connectivity index is 1.61. The molecule has 2 aliphatic heterocycles. The Bertz CT molecular complexity index is 608. The first kappa shape index (κ1) is 19.7. The molecule has 2 aliphatic rings. The molecular formula is C19H30ClN3O3. The van der Waals surface area contributed by atoms with Crippen molar-refractivity contribution >= 4 is 11.6 Å². The maximum Gasteiger partial charge on any atom is 0.162 e. The minimum absolute atomic E-state index is 0.265. The Morgan fingerprint density at radius 3 is 2.35 bits per heavy atom. The highest BCUT2D eigenvalue weighted by Gasteiger charge is 2.33. The number of hydrogen-bond acceptors (Lipinski definition) is 6. The minimum Gasteiger partial charge on any atom is -0.493 e. The van der Waals surface area contributed by atoms with Gasteiger partial charge in [0.15, 0.2) is 11.5 Å². The first-order chi connectivity index (χ1) is 12.5. The summed E-state index contributed by atoms with van der Waals surface area (Å²) in [4.78, 5) is 7.06. The van der Waals surface area contributed by atoms with Gasteiger partial charge in [-0.05, 0) is 25.1 Å². The van der Waals surface area contributed by atoms with Crippen LogP contribution in [0, 0.1) is 0 Å². The Hall–Kier alpha value is -1.05. The monoisotopic (exact) mass is 383 g/mol. The average Bonchev–Trinajstić information content (AvgIpc) is 2.64. The summed E-state index contributed by atoms with van der Waals surface area (Å²) in [7, 11) is 5.39. The van der Waals surface area contributed by atoms with Crippen LogP contribution in [0.3, 0.4) is 0 Å². The standard InChI is InChI=1S/C19H30ClN3O3/c1-21-6-8-23(9-7-21)16-4-5-22(13-17(16)24)12-14-10-18(25-2)19(26-3)11-15(14)20/h10-11,16-17,24H,4-9,12-13H2,1-3H3/t16-,17-/m1/s1. The fourth-order valence-corrected chi connectivity index (χ4v) is 4.18. The third kappa shape index (κ3) is 4.43. The van der Waals surface area contributed by atoms with Crippen molar-refractivity contribution in [1.82, 2.24) is 14.7 Å². The van der Waals surface area contributed by atoms with E-state index in [-0.39, 0.29) is 12.1 Å². The molecule has 0 bridgehead atoms. The lowest BCUT2D eigenvalue weighted by Gasteiger charge is -2.44. The van der Waals surface area contributed by atoms with Crippen LogP contribution in [-0.2, 0) is 6.54 Å². The second-order valence-electron chi connectivity index (χ2n) is 7.30. The van der Waals surface area contributed by atoms with Crippen molar-refractivity contribution in [3.05, 3.63) is 22.7 Å². The molecule has 3 rings (SSSR count). The number of likely N-dealkylation sites (tertiary alicyclic amines) is 1. The summed E-state index contributed by atoms with van der Waals surface area (Å²) in [6.07, 6.45) is 0.654. The molecule has 0 saturated carbocycles. The number of nitrogens with zero attached hydrogens (tertiary/aromatic N) is 3. The topological polar surface area (TPSA) is 48.4 Å². The molecule has 0 aliphatic carbocycles. The number of methoxy groups -OCH3 is 2. The number of β-amino-alcohol motifs (C(OH)–C–C–N with tert-alkyl or cyclic N) is 1. The van der Waals surface area contributed by atoms with E-state index in [4.69, 9.17) is 21.1 Å². The zero-order valence-corrected chi connectivity index (χ0v) is 16.7. The zero-order chi connectivity index (χ0) is 18.7. The van der Waals surface area contributed by atoms with Gasteiger partial charge in [0, 0.05) is 62.9 Å². The summed E-state index contributed by atoms with van der Waals surface area (Å²) in [6.45, 7) is 6.56. The SMILES string of the molecule is COc1cc(Cl)c(CN2CC[C@@H](N3CCN(C)CC3)[C@H](O)C2)cc1OC.